The summed E-state index contributed by atoms with van der Waals surface area (Å²) in [6, 6.07) is 8.71. The molecule has 0 bridgehead atoms. The molecule has 0 aromatic heterocycles. The van der Waals surface area contributed by atoms with Crippen LogP contribution < -0.4 is 10.6 Å². The molecule has 114 valence electrons. The van der Waals surface area contributed by atoms with E-state index in [1.54, 1.807) is 0 Å². The van der Waals surface area contributed by atoms with E-state index in [0.29, 0.717) is 18.4 Å². The first-order valence-corrected chi connectivity index (χ1v) is 9.20. The Morgan fingerprint density at radius 2 is 2.24 bits per heavy atom. The lowest BCUT2D eigenvalue weighted by atomic mass is 9.93. The maximum atomic E-state index is 12.3. The Morgan fingerprint density at radius 1 is 1.38 bits per heavy atom. The van der Waals surface area contributed by atoms with Crippen molar-refractivity contribution < 1.29 is 4.79 Å². The van der Waals surface area contributed by atoms with Gasteiger partial charge in [-0.2, -0.15) is 11.8 Å². The molecule has 2 N–H and O–H groups in total. The van der Waals surface area contributed by atoms with Crippen molar-refractivity contribution in [1.82, 2.24) is 5.32 Å². The van der Waals surface area contributed by atoms with E-state index < -0.39 is 0 Å². The summed E-state index contributed by atoms with van der Waals surface area (Å²) < 4.78 is 0. The van der Waals surface area contributed by atoms with Gasteiger partial charge in [0.2, 0.25) is 5.91 Å². The Bertz CT molecular complexity index is 505. The summed E-state index contributed by atoms with van der Waals surface area (Å²) in [7, 11) is 0. The molecule has 1 aliphatic heterocycles. The van der Waals surface area contributed by atoms with Crippen LogP contribution in [0.3, 0.4) is 0 Å². The van der Waals surface area contributed by atoms with E-state index >= 15 is 0 Å². The quantitative estimate of drug-likeness (QED) is 0.896. The first-order valence-electron chi connectivity index (χ1n) is 7.91. The fourth-order valence-electron chi connectivity index (χ4n) is 3.54. The zero-order valence-corrected chi connectivity index (χ0v) is 13.4. The first-order chi connectivity index (χ1) is 10.3. The van der Waals surface area contributed by atoms with Crippen LogP contribution in [0, 0.1) is 0 Å². The average molecular weight is 304 g/mol. The van der Waals surface area contributed by atoms with Gasteiger partial charge in [-0.05, 0) is 37.1 Å². The smallest absolute Gasteiger partial charge is 0.220 e. The van der Waals surface area contributed by atoms with Crippen LogP contribution in [0.25, 0.3) is 0 Å². The lowest BCUT2D eigenvalue weighted by Gasteiger charge is -2.29. The van der Waals surface area contributed by atoms with Crippen LogP contribution in [0.1, 0.15) is 43.6 Å². The molecule has 1 saturated carbocycles. The predicted molar refractivity (Wildman–Crippen MR) is 90.0 cm³/mol. The Balaban J connectivity index is 1.53. The minimum absolute atomic E-state index is 0.213. The summed E-state index contributed by atoms with van der Waals surface area (Å²) in [4.78, 5) is 12.3. The van der Waals surface area contributed by atoms with Gasteiger partial charge >= 0.3 is 0 Å². The topological polar surface area (TPSA) is 41.1 Å². The molecule has 3 rings (SSSR count). The van der Waals surface area contributed by atoms with Gasteiger partial charge in [-0.25, -0.2) is 0 Å². The number of benzene rings is 1. The van der Waals surface area contributed by atoms with Crippen LogP contribution in [0.5, 0.6) is 0 Å². The number of anilines is 1. The van der Waals surface area contributed by atoms with Crippen molar-refractivity contribution >= 4 is 23.4 Å². The third-order valence-electron chi connectivity index (χ3n) is 4.70. The van der Waals surface area contributed by atoms with E-state index in [-0.39, 0.29) is 5.91 Å². The number of fused-ring (bicyclic) bond motifs is 1. The van der Waals surface area contributed by atoms with Gasteiger partial charge in [0, 0.05) is 35.9 Å². The number of amides is 1. The molecule has 3 unspecified atom stereocenters. The fraction of sp³-hybridized carbons (Fsp3) is 0.588. The molecule has 0 spiro atoms. The highest BCUT2D eigenvalue weighted by atomic mass is 32.2. The molecule has 1 heterocycles. The number of nitrogens with one attached hydrogen (secondary N) is 2. The molecule has 1 aromatic carbocycles. The van der Waals surface area contributed by atoms with Gasteiger partial charge in [-0.15, -0.1) is 0 Å². The maximum Gasteiger partial charge on any atom is 0.220 e. The number of hydrogen-bond acceptors (Lipinski definition) is 3. The lowest BCUT2D eigenvalue weighted by Crippen LogP contribution is -2.39. The molecular formula is C17H24N2OS. The molecule has 0 radical (unpaired) electrons. The zero-order chi connectivity index (χ0) is 14.7. The highest BCUT2D eigenvalue weighted by molar-refractivity contribution is 7.99. The van der Waals surface area contributed by atoms with Crippen LogP contribution in [0.4, 0.5) is 5.69 Å². The Hall–Kier alpha value is -1.16. The molecule has 1 aliphatic carbocycles. The third-order valence-corrected chi connectivity index (χ3v) is 5.79. The van der Waals surface area contributed by atoms with Gasteiger partial charge in [0.15, 0.2) is 0 Å². The van der Waals surface area contributed by atoms with E-state index in [1.165, 1.54) is 24.1 Å². The molecule has 0 saturated heterocycles. The standard InChI is InChI=1S/C17H24N2OS/c1-21-14-6-4-5-13(10-14)19-17(20)9-12-11-18-16-8-3-2-7-15(12)16/h2-3,7-8,12-14,18H,4-6,9-11H2,1H3,(H,19,20). The molecule has 2 aliphatic rings. The van der Waals surface area contributed by atoms with Crippen LogP contribution in [-0.2, 0) is 4.79 Å². The summed E-state index contributed by atoms with van der Waals surface area (Å²) in [5, 5.41) is 7.37. The number of hydrogen-bond donors (Lipinski definition) is 2. The second kappa shape index (κ2) is 6.73. The van der Waals surface area contributed by atoms with Gasteiger partial charge in [0.1, 0.15) is 0 Å². The van der Waals surface area contributed by atoms with Crippen molar-refractivity contribution in [2.24, 2.45) is 0 Å². The monoisotopic (exact) mass is 304 g/mol. The minimum Gasteiger partial charge on any atom is -0.384 e. The van der Waals surface area contributed by atoms with Crippen LogP contribution in [-0.4, -0.2) is 30.0 Å². The van der Waals surface area contributed by atoms with Crippen molar-refractivity contribution in [2.75, 3.05) is 18.1 Å². The Kier molecular flexibility index (Phi) is 4.73. The molecule has 3 atom stereocenters. The highest BCUT2D eigenvalue weighted by Gasteiger charge is 2.26. The van der Waals surface area contributed by atoms with Crippen LogP contribution >= 0.6 is 11.8 Å². The fourth-order valence-corrected chi connectivity index (χ4v) is 4.37. The predicted octanol–water partition coefficient (Wildman–Crippen LogP) is 3.38. The lowest BCUT2D eigenvalue weighted by molar-refractivity contribution is -0.122. The zero-order valence-electron chi connectivity index (χ0n) is 12.6. The van der Waals surface area contributed by atoms with Crippen molar-refractivity contribution in [2.45, 2.75) is 49.3 Å². The largest absolute Gasteiger partial charge is 0.384 e. The van der Waals surface area contributed by atoms with Crippen molar-refractivity contribution in [3.63, 3.8) is 0 Å². The summed E-state index contributed by atoms with van der Waals surface area (Å²) in [6.45, 7) is 0.880. The van der Waals surface area contributed by atoms with E-state index in [4.69, 9.17) is 0 Å². The Morgan fingerprint density at radius 3 is 3.10 bits per heavy atom. The highest BCUT2D eigenvalue weighted by Crippen LogP contribution is 2.33. The van der Waals surface area contributed by atoms with Gasteiger partial charge in [-0.3, -0.25) is 4.79 Å². The normalized spacial score (nSPS) is 27.8. The summed E-state index contributed by atoms with van der Waals surface area (Å²) in [5.74, 6) is 0.534. The van der Waals surface area contributed by atoms with Crippen LogP contribution in [0.2, 0.25) is 0 Å². The van der Waals surface area contributed by atoms with Gasteiger partial charge in [-0.1, -0.05) is 24.6 Å². The average Bonchev–Trinajstić information content (AvgIpc) is 2.91. The van der Waals surface area contributed by atoms with Crippen molar-refractivity contribution in [1.29, 1.82) is 0 Å². The number of rotatable bonds is 4. The summed E-state index contributed by atoms with van der Waals surface area (Å²) >= 11 is 1.94. The van der Waals surface area contributed by atoms with Gasteiger partial charge in [0.25, 0.3) is 0 Å². The number of carbonyl (C=O) groups is 1. The van der Waals surface area contributed by atoms with Gasteiger partial charge < -0.3 is 10.6 Å². The molecule has 1 aromatic rings. The summed E-state index contributed by atoms with van der Waals surface area (Å²) in [6.07, 6.45) is 7.59. The molecule has 1 amide bonds. The third kappa shape index (κ3) is 3.54. The van der Waals surface area contributed by atoms with Crippen LogP contribution in [0.15, 0.2) is 24.3 Å². The number of para-hydroxylation sites is 1. The molecular weight excluding hydrogens is 280 g/mol. The second-order valence-corrected chi connectivity index (χ2v) is 7.30. The second-order valence-electron chi connectivity index (χ2n) is 6.16. The minimum atomic E-state index is 0.213. The Labute approximate surface area is 131 Å². The molecule has 1 fully saturated rings. The number of thioether (sulfide) groups is 1. The van der Waals surface area contributed by atoms with Crippen molar-refractivity contribution in [3.05, 3.63) is 29.8 Å². The molecule has 3 nitrogen and oxygen atoms in total. The maximum absolute atomic E-state index is 12.3. The van der Waals surface area contributed by atoms with E-state index in [1.807, 2.05) is 17.8 Å². The molecule has 4 heteroatoms. The SMILES string of the molecule is CSC1CCCC(NC(=O)CC2CNc3ccccc32)C1. The van der Waals surface area contributed by atoms with E-state index in [0.717, 1.165) is 24.6 Å². The van der Waals surface area contributed by atoms with E-state index in [9.17, 15) is 4.79 Å². The number of carbonyl (C=O) groups excluding carboxylic acids is 1. The van der Waals surface area contributed by atoms with Crippen molar-refractivity contribution in [3.8, 4) is 0 Å². The van der Waals surface area contributed by atoms with E-state index in [2.05, 4.69) is 35.1 Å². The summed E-state index contributed by atoms with van der Waals surface area (Å²) in [5.41, 5.74) is 2.48. The first kappa shape index (κ1) is 14.8. The molecule has 21 heavy (non-hydrogen) atoms. The van der Waals surface area contributed by atoms with Gasteiger partial charge in [0.05, 0.1) is 0 Å².